The van der Waals surface area contributed by atoms with E-state index in [1.54, 1.807) is 12.3 Å². The van der Waals surface area contributed by atoms with E-state index < -0.39 is 0 Å². The first-order valence-electron chi connectivity index (χ1n) is 8.05. The number of carbonyl (C=O) groups is 1. The van der Waals surface area contributed by atoms with Crippen LogP contribution in [0.2, 0.25) is 0 Å². The van der Waals surface area contributed by atoms with Crippen molar-refractivity contribution in [2.24, 2.45) is 0 Å². The summed E-state index contributed by atoms with van der Waals surface area (Å²) in [5.41, 5.74) is 3.64. The lowest BCUT2D eigenvalue weighted by Crippen LogP contribution is -2.22. The van der Waals surface area contributed by atoms with E-state index in [4.69, 9.17) is 4.42 Å². The highest BCUT2D eigenvalue weighted by Crippen LogP contribution is 2.23. The molecule has 0 saturated carbocycles. The Kier molecular flexibility index (Phi) is 4.01. The Hall–Kier alpha value is -3.40. The molecule has 0 fully saturated rings. The Morgan fingerprint density at radius 1 is 0.960 bits per heavy atom. The van der Waals surface area contributed by atoms with Crippen LogP contribution in [-0.4, -0.2) is 10.9 Å². The average molecular weight is 328 g/mol. The first-order valence-corrected chi connectivity index (χ1v) is 8.05. The Morgan fingerprint density at radius 2 is 1.80 bits per heavy atom. The van der Waals surface area contributed by atoms with Gasteiger partial charge in [0.2, 0.25) is 0 Å². The second kappa shape index (κ2) is 6.61. The lowest BCUT2D eigenvalue weighted by molar-refractivity contribution is 0.0948. The van der Waals surface area contributed by atoms with Gasteiger partial charge in [-0.2, -0.15) is 0 Å². The second-order valence-corrected chi connectivity index (χ2v) is 5.76. The molecular weight excluding hydrogens is 312 g/mol. The molecule has 0 saturated heterocycles. The molecule has 4 aromatic rings. The molecule has 0 unspecified atom stereocenters. The minimum atomic E-state index is -0.125. The Balaban J connectivity index is 1.51. The molecule has 0 atom stereocenters. The van der Waals surface area contributed by atoms with E-state index in [2.05, 4.69) is 16.4 Å². The number of benzene rings is 2. The summed E-state index contributed by atoms with van der Waals surface area (Å²) >= 11 is 0. The summed E-state index contributed by atoms with van der Waals surface area (Å²) < 4.78 is 5.21. The van der Waals surface area contributed by atoms with Gasteiger partial charge < -0.3 is 9.73 Å². The van der Waals surface area contributed by atoms with Crippen LogP contribution in [0.25, 0.3) is 22.0 Å². The van der Waals surface area contributed by atoms with Gasteiger partial charge in [0.1, 0.15) is 5.76 Å². The number of nitrogens with one attached hydrogen (secondary N) is 1. The molecule has 2 heterocycles. The van der Waals surface area contributed by atoms with Crippen LogP contribution in [0.3, 0.4) is 0 Å². The van der Waals surface area contributed by atoms with Gasteiger partial charge in [-0.05, 0) is 42.0 Å². The van der Waals surface area contributed by atoms with Crippen LogP contribution in [0.5, 0.6) is 0 Å². The molecule has 0 spiro atoms. The third kappa shape index (κ3) is 3.28. The minimum absolute atomic E-state index is 0.125. The van der Waals surface area contributed by atoms with Gasteiger partial charge in [0.05, 0.1) is 18.3 Å². The maximum Gasteiger partial charge on any atom is 0.251 e. The summed E-state index contributed by atoms with van der Waals surface area (Å²) in [6.07, 6.45) is 3.45. The van der Waals surface area contributed by atoms with Crippen LogP contribution < -0.4 is 5.32 Å². The molecule has 0 aliphatic heterocycles. The summed E-state index contributed by atoms with van der Waals surface area (Å²) in [5, 5.41) is 3.94. The molecule has 2 aromatic heterocycles. The molecule has 0 aliphatic carbocycles. The lowest BCUT2D eigenvalue weighted by atomic mass is 10.0. The van der Waals surface area contributed by atoms with Gasteiger partial charge in [-0.3, -0.25) is 9.78 Å². The molecule has 4 nitrogen and oxygen atoms in total. The Morgan fingerprint density at radius 3 is 2.60 bits per heavy atom. The minimum Gasteiger partial charge on any atom is -0.467 e. The van der Waals surface area contributed by atoms with Gasteiger partial charge in [0.25, 0.3) is 5.91 Å². The molecule has 1 N–H and O–H groups in total. The average Bonchev–Trinajstić information content (AvgIpc) is 3.19. The summed E-state index contributed by atoms with van der Waals surface area (Å²) in [5.74, 6) is 0.604. The van der Waals surface area contributed by atoms with Crippen molar-refractivity contribution < 1.29 is 9.21 Å². The summed E-state index contributed by atoms with van der Waals surface area (Å²) in [4.78, 5) is 16.7. The van der Waals surface area contributed by atoms with Crippen LogP contribution in [-0.2, 0) is 6.54 Å². The van der Waals surface area contributed by atoms with Gasteiger partial charge in [0, 0.05) is 22.7 Å². The number of carbonyl (C=O) groups excluding carboxylic acids is 1. The number of furan rings is 1. The molecule has 1 amide bonds. The molecule has 122 valence electrons. The molecule has 2 aromatic carbocycles. The van der Waals surface area contributed by atoms with Crippen LogP contribution in [0.4, 0.5) is 0 Å². The fraction of sp³-hybridized carbons (Fsp3) is 0.0476. The van der Waals surface area contributed by atoms with E-state index in [-0.39, 0.29) is 5.91 Å². The fourth-order valence-electron chi connectivity index (χ4n) is 2.73. The first kappa shape index (κ1) is 15.1. The highest BCUT2D eigenvalue weighted by atomic mass is 16.3. The van der Waals surface area contributed by atoms with Gasteiger partial charge in [0.15, 0.2) is 0 Å². The number of rotatable bonds is 4. The normalized spacial score (nSPS) is 10.7. The van der Waals surface area contributed by atoms with E-state index in [0.29, 0.717) is 12.1 Å². The second-order valence-electron chi connectivity index (χ2n) is 5.76. The van der Waals surface area contributed by atoms with Crippen molar-refractivity contribution in [1.82, 2.24) is 10.3 Å². The van der Waals surface area contributed by atoms with E-state index in [1.807, 2.05) is 60.8 Å². The lowest BCUT2D eigenvalue weighted by Gasteiger charge is -2.06. The van der Waals surface area contributed by atoms with Crippen LogP contribution in [0, 0.1) is 0 Å². The number of hydrogen-bond donors (Lipinski definition) is 1. The van der Waals surface area contributed by atoms with Crippen LogP contribution in [0.1, 0.15) is 16.1 Å². The predicted molar refractivity (Wildman–Crippen MR) is 97.1 cm³/mol. The zero-order valence-corrected chi connectivity index (χ0v) is 13.5. The van der Waals surface area contributed by atoms with E-state index in [0.717, 1.165) is 27.8 Å². The monoisotopic (exact) mass is 328 g/mol. The number of aromatic nitrogens is 1. The number of nitrogens with zero attached hydrogens (tertiary/aromatic N) is 1. The molecule has 4 rings (SSSR count). The largest absolute Gasteiger partial charge is 0.467 e. The molecular formula is C21H16N2O2. The maximum absolute atomic E-state index is 12.2. The third-order valence-corrected chi connectivity index (χ3v) is 4.07. The van der Waals surface area contributed by atoms with Crippen LogP contribution >= 0.6 is 0 Å². The summed E-state index contributed by atoms with van der Waals surface area (Å²) in [6.45, 7) is 0.377. The third-order valence-electron chi connectivity index (χ3n) is 4.07. The zero-order chi connectivity index (χ0) is 17.1. The van der Waals surface area contributed by atoms with Crippen molar-refractivity contribution in [3.8, 4) is 11.1 Å². The number of para-hydroxylation sites is 1. The van der Waals surface area contributed by atoms with Crippen molar-refractivity contribution in [2.45, 2.75) is 6.54 Å². The van der Waals surface area contributed by atoms with E-state index in [1.165, 1.54) is 0 Å². The van der Waals surface area contributed by atoms with E-state index in [9.17, 15) is 4.79 Å². The van der Waals surface area contributed by atoms with Gasteiger partial charge in [-0.25, -0.2) is 0 Å². The van der Waals surface area contributed by atoms with Gasteiger partial charge in [-0.15, -0.1) is 0 Å². The maximum atomic E-state index is 12.2. The van der Waals surface area contributed by atoms with Gasteiger partial charge >= 0.3 is 0 Å². The Labute approximate surface area is 145 Å². The van der Waals surface area contributed by atoms with Gasteiger partial charge in [-0.1, -0.05) is 30.3 Å². The highest BCUT2D eigenvalue weighted by Gasteiger charge is 2.07. The first-order chi connectivity index (χ1) is 12.3. The van der Waals surface area contributed by atoms with Crippen molar-refractivity contribution >= 4 is 16.8 Å². The molecule has 25 heavy (non-hydrogen) atoms. The number of fused-ring (bicyclic) bond motifs is 1. The molecule has 0 aliphatic rings. The standard InChI is InChI=1S/C21H16N2O2/c24-21(23-14-19-5-3-11-25-19)16-9-7-15(8-10-16)18-12-17-4-1-2-6-20(17)22-13-18/h1-13H,14H2,(H,23,24). The summed E-state index contributed by atoms with van der Waals surface area (Å²) in [7, 11) is 0. The number of hydrogen-bond acceptors (Lipinski definition) is 3. The topological polar surface area (TPSA) is 55.1 Å². The quantitative estimate of drug-likeness (QED) is 0.603. The van der Waals surface area contributed by atoms with E-state index >= 15 is 0 Å². The number of amides is 1. The fourth-order valence-corrected chi connectivity index (χ4v) is 2.73. The number of pyridine rings is 1. The SMILES string of the molecule is O=C(NCc1ccco1)c1ccc(-c2cnc3ccccc3c2)cc1. The molecule has 0 radical (unpaired) electrons. The summed E-state index contributed by atoms with van der Waals surface area (Å²) in [6, 6.07) is 21.3. The predicted octanol–water partition coefficient (Wildman–Crippen LogP) is 4.42. The van der Waals surface area contributed by atoms with Crippen molar-refractivity contribution in [3.63, 3.8) is 0 Å². The van der Waals surface area contributed by atoms with Crippen LogP contribution in [0.15, 0.2) is 83.6 Å². The molecule has 4 heteroatoms. The smallest absolute Gasteiger partial charge is 0.251 e. The molecule has 0 bridgehead atoms. The van der Waals surface area contributed by atoms with Crippen molar-refractivity contribution in [2.75, 3.05) is 0 Å². The van der Waals surface area contributed by atoms with Crippen molar-refractivity contribution in [1.29, 1.82) is 0 Å². The Bertz CT molecular complexity index is 1010. The zero-order valence-electron chi connectivity index (χ0n) is 13.5. The van der Waals surface area contributed by atoms with Crippen molar-refractivity contribution in [3.05, 3.63) is 90.5 Å². The highest BCUT2D eigenvalue weighted by molar-refractivity contribution is 5.94.